The molecular formula is C14H16FN3O. The van der Waals surface area contributed by atoms with Crippen molar-refractivity contribution in [1.29, 1.82) is 0 Å². The van der Waals surface area contributed by atoms with E-state index in [1.54, 1.807) is 18.2 Å². The van der Waals surface area contributed by atoms with Gasteiger partial charge in [-0.1, -0.05) is 6.07 Å². The first-order valence-electron chi connectivity index (χ1n) is 6.07. The number of aryl methyl sites for hydroxylation is 1. The van der Waals surface area contributed by atoms with Crippen molar-refractivity contribution in [3.63, 3.8) is 0 Å². The van der Waals surface area contributed by atoms with Crippen molar-refractivity contribution in [2.45, 2.75) is 13.8 Å². The van der Waals surface area contributed by atoms with Crippen LogP contribution >= 0.6 is 0 Å². The van der Waals surface area contributed by atoms with E-state index in [4.69, 9.17) is 4.74 Å². The summed E-state index contributed by atoms with van der Waals surface area (Å²) in [6.45, 7) is 4.71. The van der Waals surface area contributed by atoms with Crippen LogP contribution in [0.4, 0.5) is 10.2 Å². The number of benzene rings is 1. The second kappa shape index (κ2) is 5.65. The smallest absolute Gasteiger partial charge is 0.224 e. The Balaban J connectivity index is 2.26. The largest absolute Gasteiger partial charge is 0.436 e. The van der Waals surface area contributed by atoms with Gasteiger partial charge in [-0.15, -0.1) is 0 Å². The minimum Gasteiger partial charge on any atom is -0.436 e. The molecule has 4 nitrogen and oxygen atoms in total. The fraction of sp³-hybridized carbons (Fsp3) is 0.286. The van der Waals surface area contributed by atoms with Crippen LogP contribution in [0.2, 0.25) is 0 Å². The van der Waals surface area contributed by atoms with E-state index < -0.39 is 5.82 Å². The molecule has 0 radical (unpaired) electrons. The summed E-state index contributed by atoms with van der Waals surface area (Å²) in [6, 6.07) is 6.40. The van der Waals surface area contributed by atoms with Crippen LogP contribution in [0, 0.1) is 12.7 Å². The Morgan fingerprint density at radius 1 is 1.26 bits per heavy atom. The van der Waals surface area contributed by atoms with Gasteiger partial charge in [0, 0.05) is 19.7 Å². The Hall–Kier alpha value is -2.17. The van der Waals surface area contributed by atoms with Crippen LogP contribution in [-0.4, -0.2) is 23.6 Å². The quantitative estimate of drug-likeness (QED) is 0.847. The molecule has 0 aliphatic rings. The van der Waals surface area contributed by atoms with Gasteiger partial charge in [0.1, 0.15) is 12.1 Å². The minimum atomic E-state index is -0.408. The molecule has 0 spiro atoms. The number of hydrogen-bond donors (Lipinski definition) is 0. The zero-order chi connectivity index (χ0) is 13.8. The molecule has 0 atom stereocenters. The SMILES string of the molecule is CCN(C)c1cc(Oc2cc(C)ccc2F)ncn1. The first-order valence-corrected chi connectivity index (χ1v) is 6.07. The lowest BCUT2D eigenvalue weighted by molar-refractivity contribution is 0.426. The minimum absolute atomic E-state index is 0.170. The highest BCUT2D eigenvalue weighted by atomic mass is 19.1. The van der Waals surface area contributed by atoms with Crippen LogP contribution in [0.15, 0.2) is 30.6 Å². The molecule has 2 rings (SSSR count). The fourth-order valence-electron chi connectivity index (χ4n) is 1.56. The molecular weight excluding hydrogens is 245 g/mol. The van der Waals surface area contributed by atoms with E-state index in [1.165, 1.54) is 12.4 Å². The third kappa shape index (κ3) is 3.19. The van der Waals surface area contributed by atoms with Crippen molar-refractivity contribution in [2.75, 3.05) is 18.5 Å². The highest BCUT2D eigenvalue weighted by Gasteiger charge is 2.08. The van der Waals surface area contributed by atoms with Gasteiger partial charge in [-0.2, -0.15) is 0 Å². The molecule has 100 valence electrons. The van der Waals surface area contributed by atoms with Crippen LogP contribution < -0.4 is 9.64 Å². The lowest BCUT2D eigenvalue weighted by atomic mass is 10.2. The van der Waals surface area contributed by atoms with Crippen LogP contribution in [0.3, 0.4) is 0 Å². The molecule has 1 aromatic carbocycles. The predicted octanol–water partition coefficient (Wildman–Crippen LogP) is 3.17. The molecule has 0 saturated carbocycles. The number of ether oxygens (including phenoxy) is 1. The third-order valence-corrected chi connectivity index (χ3v) is 2.79. The highest BCUT2D eigenvalue weighted by Crippen LogP contribution is 2.25. The lowest BCUT2D eigenvalue weighted by Gasteiger charge is -2.15. The number of anilines is 1. The van der Waals surface area contributed by atoms with E-state index >= 15 is 0 Å². The topological polar surface area (TPSA) is 38.2 Å². The Labute approximate surface area is 111 Å². The molecule has 5 heteroatoms. The Kier molecular flexibility index (Phi) is 3.94. The summed E-state index contributed by atoms with van der Waals surface area (Å²) in [5.74, 6) is 0.828. The van der Waals surface area contributed by atoms with E-state index in [2.05, 4.69) is 9.97 Å². The molecule has 0 bridgehead atoms. The summed E-state index contributed by atoms with van der Waals surface area (Å²) >= 11 is 0. The van der Waals surface area contributed by atoms with E-state index in [9.17, 15) is 4.39 Å². The predicted molar refractivity (Wildman–Crippen MR) is 72.2 cm³/mol. The summed E-state index contributed by atoms with van der Waals surface area (Å²) < 4.78 is 19.1. The monoisotopic (exact) mass is 261 g/mol. The van der Waals surface area contributed by atoms with Gasteiger partial charge in [-0.05, 0) is 31.5 Å². The van der Waals surface area contributed by atoms with Crippen molar-refractivity contribution in [3.05, 3.63) is 42.0 Å². The summed E-state index contributed by atoms with van der Waals surface area (Å²) in [4.78, 5) is 10.1. The molecule has 1 heterocycles. The number of rotatable bonds is 4. The Bertz CT molecular complexity index is 574. The van der Waals surface area contributed by atoms with Crippen LogP contribution in [0.5, 0.6) is 11.6 Å². The van der Waals surface area contributed by atoms with E-state index in [1.807, 2.05) is 25.8 Å². The normalized spacial score (nSPS) is 10.3. The van der Waals surface area contributed by atoms with Crippen molar-refractivity contribution in [3.8, 4) is 11.6 Å². The summed E-state index contributed by atoms with van der Waals surface area (Å²) in [5.41, 5.74) is 0.927. The van der Waals surface area contributed by atoms with Crippen LogP contribution in [0.1, 0.15) is 12.5 Å². The molecule has 0 N–H and O–H groups in total. The number of hydrogen-bond acceptors (Lipinski definition) is 4. The Morgan fingerprint density at radius 2 is 2.05 bits per heavy atom. The highest BCUT2D eigenvalue weighted by molar-refractivity contribution is 5.41. The van der Waals surface area contributed by atoms with Crippen LogP contribution in [0.25, 0.3) is 0 Å². The maximum Gasteiger partial charge on any atom is 0.224 e. The van der Waals surface area contributed by atoms with Crippen LogP contribution in [-0.2, 0) is 0 Å². The van der Waals surface area contributed by atoms with E-state index in [0.717, 1.165) is 17.9 Å². The molecule has 19 heavy (non-hydrogen) atoms. The average Bonchev–Trinajstić information content (AvgIpc) is 2.42. The molecule has 0 saturated heterocycles. The number of nitrogens with zero attached hydrogens (tertiary/aromatic N) is 3. The van der Waals surface area contributed by atoms with Gasteiger partial charge >= 0.3 is 0 Å². The maximum absolute atomic E-state index is 13.6. The van der Waals surface area contributed by atoms with Crippen molar-refractivity contribution in [1.82, 2.24) is 9.97 Å². The number of aromatic nitrogens is 2. The van der Waals surface area contributed by atoms with Gasteiger partial charge in [0.15, 0.2) is 11.6 Å². The molecule has 1 aromatic heterocycles. The van der Waals surface area contributed by atoms with Gasteiger partial charge in [0.25, 0.3) is 0 Å². The van der Waals surface area contributed by atoms with Gasteiger partial charge in [-0.25, -0.2) is 14.4 Å². The summed E-state index contributed by atoms with van der Waals surface area (Å²) in [7, 11) is 1.92. The standard InChI is InChI=1S/C14H16FN3O/c1-4-18(3)13-8-14(17-9-16-13)19-12-7-10(2)5-6-11(12)15/h5-9H,4H2,1-3H3. The van der Waals surface area contributed by atoms with Gasteiger partial charge in [0.2, 0.25) is 5.88 Å². The third-order valence-electron chi connectivity index (χ3n) is 2.79. The second-order valence-electron chi connectivity index (χ2n) is 4.26. The zero-order valence-electron chi connectivity index (χ0n) is 11.2. The first kappa shape index (κ1) is 13.3. The number of halogens is 1. The Morgan fingerprint density at radius 3 is 2.79 bits per heavy atom. The van der Waals surface area contributed by atoms with E-state index in [0.29, 0.717) is 5.88 Å². The second-order valence-corrected chi connectivity index (χ2v) is 4.26. The maximum atomic E-state index is 13.6. The molecule has 0 unspecified atom stereocenters. The van der Waals surface area contributed by atoms with Crippen molar-refractivity contribution < 1.29 is 9.13 Å². The molecule has 2 aromatic rings. The first-order chi connectivity index (χ1) is 9.10. The fourth-order valence-corrected chi connectivity index (χ4v) is 1.56. The molecule has 0 amide bonds. The molecule has 0 fully saturated rings. The average molecular weight is 261 g/mol. The summed E-state index contributed by atoms with van der Waals surface area (Å²) in [5, 5.41) is 0. The van der Waals surface area contributed by atoms with Gasteiger partial charge in [0.05, 0.1) is 0 Å². The van der Waals surface area contributed by atoms with Crippen molar-refractivity contribution in [2.24, 2.45) is 0 Å². The van der Waals surface area contributed by atoms with Gasteiger partial charge in [-0.3, -0.25) is 0 Å². The van der Waals surface area contributed by atoms with E-state index in [-0.39, 0.29) is 5.75 Å². The van der Waals surface area contributed by atoms with Gasteiger partial charge < -0.3 is 9.64 Å². The zero-order valence-corrected chi connectivity index (χ0v) is 11.2. The summed E-state index contributed by atoms with van der Waals surface area (Å²) in [6.07, 6.45) is 1.41. The lowest BCUT2D eigenvalue weighted by Crippen LogP contribution is -2.17. The van der Waals surface area contributed by atoms with Crippen molar-refractivity contribution >= 4 is 5.82 Å². The molecule has 0 aliphatic carbocycles. The molecule has 0 aliphatic heterocycles.